The van der Waals surface area contributed by atoms with Crippen molar-refractivity contribution in [2.45, 2.75) is 12.6 Å². The molecule has 0 bridgehead atoms. The summed E-state index contributed by atoms with van der Waals surface area (Å²) in [5.41, 5.74) is 1.01. The van der Waals surface area contributed by atoms with Gasteiger partial charge in [-0.2, -0.15) is 11.8 Å². The Morgan fingerprint density at radius 3 is 3.11 bits per heavy atom. The fourth-order valence-electron chi connectivity index (χ4n) is 2.14. The monoisotopic (exact) mass is 345 g/mol. The maximum Gasteiger partial charge on any atom is 0.321 e. The van der Waals surface area contributed by atoms with Gasteiger partial charge in [-0.25, -0.2) is 0 Å². The number of carboxylic acids is 1. The van der Waals surface area contributed by atoms with Gasteiger partial charge in [0, 0.05) is 34.6 Å². The van der Waals surface area contributed by atoms with E-state index in [0.29, 0.717) is 12.3 Å². The highest BCUT2D eigenvalue weighted by Crippen LogP contribution is 2.27. The van der Waals surface area contributed by atoms with Gasteiger partial charge in [0.1, 0.15) is 11.8 Å². The second-order valence-electron chi connectivity index (χ2n) is 4.36. The average Bonchev–Trinajstić information content (AvgIpc) is 2.39. The summed E-state index contributed by atoms with van der Waals surface area (Å²) in [6.45, 7) is 1.39. The molecule has 0 saturated carbocycles. The van der Waals surface area contributed by atoms with Crippen LogP contribution >= 0.6 is 27.7 Å². The first kappa shape index (κ1) is 14.7. The van der Waals surface area contributed by atoms with Crippen LogP contribution in [0.25, 0.3) is 0 Å². The van der Waals surface area contributed by atoms with Crippen LogP contribution in [0.1, 0.15) is 5.56 Å². The third-order valence-electron chi connectivity index (χ3n) is 3.14. The largest absolute Gasteiger partial charge is 0.496 e. The van der Waals surface area contributed by atoms with E-state index in [9.17, 15) is 9.90 Å². The number of methoxy groups -OCH3 is 1. The Labute approximate surface area is 125 Å². The van der Waals surface area contributed by atoms with E-state index in [2.05, 4.69) is 15.9 Å². The quantitative estimate of drug-likeness (QED) is 0.908. The molecular weight excluding hydrogens is 330 g/mol. The second kappa shape index (κ2) is 6.63. The van der Waals surface area contributed by atoms with Crippen LogP contribution in [0, 0.1) is 0 Å². The first-order valence-electron chi connectivity index (χ1n) is 5.99. The summed E-state index contributed by atoms with van der Waals surface area (Å²) in [5.74, 6) is 1.66. The Hall–Kier alpha value is -0.720. The fraction of sp³-hybridized carbons (Fsp3) is 0.462. The molecule has 1 saturated heterocycles. The van der Waals surface area contributed by atoms with Gasteiger partial charge in [-0.1, -0.05) is 15.9 Å². The van der Waals surface area contributed by atoms with Crippen LogP contribution in [0.15, 0.2) is 22.7 Å². The third kappa shape index (κ3) is 3.64. The summed E-state index contributed by atoms with van der Waals surface area (Å²) in [6.07, 6.45) is 0. The van der Waals surface area contributed by atoms with Gasteiger partial charge in [0.2, 0.25) is 0 Å². The van der Waals surface area contributed by atoms with E-state index in [1.165, 1.54) is 0 Å². The van der Waals surface area contributed by atoms with Crippen molar-refractivity contribution in [1.29, 1.82) is 0 Å². The number of thioether (sulfide) groups is 1. The van der Waals surface area contributed by atoms with Gasteiger partial charge in [-0.3, -0.25) is 9.69 Å². The molecule has 1 aromatic rings. The zero-order valence-electron chi connectivity index (χ0n) is 10.6. The summed E-state index contributed by atoms with van der Waals surface area (Å²) < 4.78 is 6.31. The average molecular weight is 346 g/mol. The van der Waals surface area contributed by atoms with Crippen molar-refractivity contribution in [2.24, 2.45) is 0 Å². The third-order valence-corrected chi connectivity index (χ3v) is 4.66. The molecule has 104 valence electrons. The maximum absolute atomic E-state index is 11.3. The normalized spacial score (nSPS) is 20.2. The number of hydrogen-bond acceptors (Lipinski definition) is 4. The molecule has 6 heteroatoms. The van der Waals surface area contributed by atoms with Crippen LogP contribution in [0.3, 0.4) is 0 Å². The molecule has 1 atom stereocenters. The van der Waals surface area contributed by atoms with Gasteiger partial charge in [0.05, 0.1) is 7.11 Å². The predicted octanol–water partition coefficient (Wildman–Crippen LogP) is 2.46. The summed E-state index contributed by atoms with van der Waals surface area (Å²) in [5, 5.41) is 9.27. The van der Waals surface area contributed by atoms with Gasteiger partial charge in [0.25, 0.3) is 0 Å². The van der Waals surface area contributed by atoms with Gasteiger partial charge in [-0.15, -0.1) is 0 Å². The highest BCUT2D eigenvalue weighted by atomic mass is 79.9. The molecule has 19 heavy (non-hydrogen) atoms. The van der Waals surface area contributed by atoms with Gasteiger partial charge >= 0.3 is 5.97 Å². The number of nitrogens with zero attached hydrogens (tertiary/aromatic N) is 1. The lowest BCUT2D eigenvalue weighted by atomic mass is 10.1. The number of carbonyl (C=O) groups is 1. The van der Waals surface area contributed by atoms with Crippen molar-refractivity contribution in [3.8, 4) is 5.75 Å². The van der Waals surface area contributed by atoms with Crippen molar-refractivity contribution in [2.75, 3.05) is 25.2 Å². The highest BCUT2D eigenvalue weighted by Gasteiger charge is 2.29. The standard InChI is InChI=1S/C13H16BrNO3S/c1-18-12-3-2-10(14)6-9(12)7-15-4-5-19-8-11(15)13(16)17/h2-3,6,11H,4-5,7-8H2,1H3,(H,16,17). The lowest BCUT2D eigenvalue weighted by Crippen LogP contribution is -2.46. The number of benzene rings is 1. The number of ether oxygens (including phenoxy) is 1. The van der Waals surface area contributed by atoms with Crippen molar-refractivity contribution < 1.29 is 14.6 Å². The highest BCUT2D eigenvalue weighted by molar-refractivity contribution is 9.10. The molecule has 1 aliphatic heterocycles. The van der Waals surface area contributed by atoms with Gasteiger partial charge in [0.15, 0.2) is 0 Å². The molecule has 4 nitrogen and oxygen atoms in total. The second-order valence-corrected chi connectivity index (χ2v) is 6.42. The van der Waals surface area contributed by atoms with Crippen LogP contribution in [-0.4, -0.2) is 47.2 Å². The number of rotatable bonds is 4. The SMILES string of the molecule is COc1ccc(Br)cc1CN1CCSCC1C(=O)O. The topological polar surface area (TPSA) is 49.8 Å². The Morgan fingerprint density at radius 1 is 1.63 bits per heavy atom. The predicted molar refractivity (Wildman–Crippen MR) is 79.9 cm³/mol. The molecule has 1 fully saturated rings. The van der Waals surface area contributed by atoms with E-state index in [4.69, 9.17) is 4.74 Å². The Balaban J connectivity index is 2.18. The maximum atomic E-state index is 11.3. The van der Waals surface area contributed by atoms with E-state index in [0.717, 1.165) is 28.1 Å². The smallest absolute Gasteiger partial charge is 0.321 e. The summed E-state index contributed by atoms with van der Waals surface area (Å²) >= 11 is 5.14. The molecule has 0 aromatic heterocycles. The minimum Gasteiger partial charge on any atom is -0.496 e. The van der Waals surface area contributed by atoms with E-state index in [-0.39, 0.29) is 0 Å². The van der Waals surface area contributed by atoms with Crippen LogP contribution < -0.4 is 4.74 Å². The number of hydrogen-bond donors (Lipinski definition) is 1. The minimum absolute atomic E-state index is 0.414. The van der Waals surface area contributed by atoms with Crippen molar-refractivity contribution in [3.63, 3.8) is 0 Å². The number of halogens is 1. The summed E-state index contributed by atoms with van der Waals surface area (Å²) in [7, 11) is 1.63. The molecule has 1 unspecified atom stereocenters. The lowest BCUT2D eigenvalue weighted by molar-refractivity contribution is -0.142. The molecule has 0 radical (unpaired) electrons. The molecule has 1 aromatic carbocycles. The van der Waals surface area contributed by atoms with E-state index in [1.54, 1.807) is 18.9 Å². The Kier molecular flexibility index (Phi) is 5.13. The summed E-state index contributed by atoms with van der Waals surface area (Å²) in [4.78, 5) is 13.3. The molecule has 0 aliphatic carbocycles. The zero-order valence-corrected chi connectivity index (χ0v) is 13.0. The van der Waals surface area contributed by atoms with Crippen LogP contribution in [0.4, 0.5) is 0 Å². The van der Waals surface area contributed by atoms with Crippen LogP contribution in [-0.2, 0) is 11.3 Å². The first-order chi connectivity index (χ1) is 9.11. The van der Waals surface area contributed by atoms with Gasteiger partial charge in [-0.05, 0) is 18.2 Å². The zero-order chi connectivity index (χ0) is 13.8. The molecule has 1 N–H and O–H groups in total. The van der Waals surface area contributed by atoms with E-state index >= 15 is 0 Å². The fourth-order valence-corrected chi connectivity index (χ4v) is 3.66. The molecular formula is C13H16BrNO3S. The molecule has 0 amide bonds. The van der Waals surface area contributed by atoms with Crippen LogP contribution in [0.5, 0.6) is 5.75 Å². The van der Waals surface area contributed by atoms with Gasteiger partial charge < -0.3 is 9.84 Å². The van der Waals surface area contributed by atoms with E-state index < -0.39 is 12.0 Å². The Morgan fingerprint density at radius 2 is 2.42 bits per heavy atom. The summed E-state index contributed by atoms with van der Waals surface area (Å²) in [6, 6.07) is 5.39. The number of carboxylic acid groups (broad SMARTS) is 1. The van der Waals surface area contributed by atoms with Crippen molar-refractivity contribution in [1.82, 2.24) is 4.90 Å². The molecule has 0 spiro atoms. The Bertz CT molecular complexity index is 469. The molecule has 1 aliphatic rings. The van der Waals surface area contributed by atoms with Crippen LogP contribution in [0.2, 0.25) is 0 Å². The lowest BCUT2D eigenvalue weighted by Gasteiger charge is -2.32. The minimum atomic E-state index is -0.749. The van der Waals surface area contributed by atoms with E-state index in [1.807, 2.05) is 23.1 Å². The first-order valence-corrected chi connectivity index (χ1v) is 7.93. The molecule has 2 rings (SSSR count). The van der Waals surface area contributed by atoms with Crippen molar-refractivity contribution >= 4 is 33.7 Å². The molecule has 1 heterocycles. The van der Waals surface area contributed by atoms with Crippen molar-refractivity contribution in [3.05, 3.63) is 28.2 Å². The number of aliphatic carboxylic acids is 1.